The standard InChI is InChI=1S/C27H27F3N4O2/c1-26(22-10-9-20-6-2-3-7-21(20)16-22)24(35)34(25(36)31-26)18-33-13-11-32(12-14-33)17-19-5-4-8-23(15-19)27(28,29)30/h2-10,15-16H,11-14,17-18H2,1H3,(H,31,36)/t26-/m1/s1. The van der Waals surface area contributed by atoms with E-state index in [1.165, 1.54) is 17.0 Å². The second kappa shape index (κ2) is 9.22. The molecule has 3 amide bonds. The summed E-state index contributed by atoms with van der Waals surface area (Å²) in [6.45, 7) is 4.77. The third-order valence-electron chi connectivity index (χ3n) is 7.07. The van der Waals surface area contributed by atoms with Crippen LogP contribution in [0.2, 0.25) is 0 Å². The molecule has 1 N–H and O–H groups in total. The van der Waals surface area contributed by atoms with Crippen molar-refractivity contribution < 1.29 is 22.8 Å². The molecule has 36 heavy (non-hydrogen) atoms. The normalized spacial score (nSPS) is 21.8. The van der Waals surface area contributed by atoms with Crippen LogP contribution in [0.25, 0.3) is 10.8 Å². The Morgan fingerprint density at radius 1 is 0.861 bits per heavy atom. The lowest BCUT2D eigenvalue weighted by atomic mass is 9.90. The van der Waals surface area contributed by atoms with Gasteiger partial charge in [0.25, 0.3) is 5.91 Å². The maximum absolute atomic E-state index is 13.4. The van der Waals surface area contributed by atoms with Crippen LogP contribution in [0.3, 0.4) is 0 Å². The number of carbonyl (C=O) groups excluding carboxylic acids is 2. The highest BCUT2D eigenvalue weighted by Gasteiger charge is 2.49. The number of hydrogen-bond acceptors (Lipinski definition) is 4. The average molecular weight is 497 g/mol. The van der Waals surface area contributed by atoms with Gasteiger partial charge in [-0.1, -0.05) is 54.6 Å². The van der Waals surface area contributed by atoms with E-state index in [4.69, 9.17) is 0 Å². The highest BCUT2D eigenvalue weighted by atomic mass is 19.4. The van der Waals surface area contributed by atoms with Crippen LogP contribution in [0.1, 0.15) is 23.6 Å². The van der Waals surface area contributed by atoms with E-state index in [0.29, 0.717) is 38.3 Å². The Bertz CT molecular complexity index is 1300. The Morgan fingerprint density at radius 2 is 1.56 bits per heavy atom. The minimum absolute atomic E-state index is 0.172. The molecule has 2 fully saturated rings. The number of urea groups is 1. The molecule has 2 saturated heterocycles. The van der Waals surface area contributed by atoms with E-state index in [-0.39, 0.29) is 12.6 Å². The number of carbonyl (C=O) groups is 2. The maximum atomic E-state index is 13.4. The first-order valence-corrected chi connectivity index (χ1v) is 11.9. The van der Waals surface area contributed by atoms with E-state index in [0.717, 1.165) is 22.4 Å². The quantitative estimate of drug-likeness (QED) is 0.532. The predicted molar refractivity (Wildman–Crippen MR) is 130 cm³/mol. The highest BCUT2D eigenvalue weighted by molar-refractivity contribution is 6.07. The van der Waals surface area contributed by atoms with Gasteiger partial charge in [-0.2, -0.15) is 13.2 Å². The van der Waals surface area contributed by atoms with Crippen molar-refractivity contribution in [3.63, 3.8) is 0 Å². The van der Waals surface area contributed by atoms with Crippen LogP contribution in [-0.4, -0.2) is 59.5 Å². The lowest BCUT2D eigenvalue weighted by Gasteiger charge is -2.36. The van der Waals surface area contributed by atoms with Crippen LogP contribution < -0.4 is 5.32 Å². The van der Waals surface area contributed by atoms with Crippen LogP contribution in [0.15, 0.2) is 66.7 Å². The predicted octanol–water partition coefficient (Wildman–Crippen LogP) is 4.40. The zero-order valence-electron chi connectivity index (χ0n) is 19.9. The molecule has 5 rings (SSSR count). The Morgan fingerprint density at radius 3 is 2.28 bits per heavy atom. The molecule has 3 aromatic rings. The Balaban J connectivity index is 1.21. The largest absolute Gasteiger partial charge is 0.416 e. The third-order valence-corrected chi connectivity index (χ3v) is 7.07. The van der Waals surface area contributed by atoms with Crippen molar-refractivity contribution >= 4 is 22.7 Å². The summed E-state index contributed by atoms with van der Waals surface area (Å²) < 4.78 is 39.0. The fourth-order valence-corrected chi connectivity index (χ4v) is 4.91. The van der Waals surface area contributed by atoms with Gasteiger partial charge in [0.1, 0.15) is 5.54 Å². The molecule has 3 aromatic carbocycles. The van der Waals surface area contributed by atoms with Crippen LogP contribution >= 0.6 is 0 Å². The lowest BCUT2D eigenvalue weighted by Crippen LogP contribution is -2.51. The number of amides is 3. The number of alkyl halides is 3. The minimum atomic E-state index is -4.36. The summed E-state index contributed by atoms with van der Waals surface area (Å²) in [7, 11) is 0. The zero-order valence-corrected chi connectivity index (χ0v) is 19.9. The van der Waals surface area contributed by atoms with Gasteiger partial charge < -0.3 is 5.32 Å². The van der Waals surface area contributed by atoms with Crippen LogP contribution in [0.4, 0.5) is 18.0 Å². The zero-order chi connectivity index (χ0) is 25.5. The summed E-state index contributed by atoms with van der Waals surface area (Å²) >= 11 is 0. The molecule has 0 saturated carbocycles. The average Bonchev–Trinajstić information content (AvgIpc) is 3.08. The van der Waals surface area contributed by atoms with Gasteiger partial charge in [-0.05, 0) is 41.0 Å². The number of nitrogens with one attached hydrogen (secondary N) is 1. The van der Waals surface area contributed by atoms with E-state index in [9.17, 15) is 22.8 Å². The SMILES string of the molecule is C[C@]1(c2ccc3ccccc3c2)NC(=O)N(CN2CCN(Cc3cccc(C(F)(F)F)c3)CC2)C1=O. The molecule has 0 spiro atoms. The Hall–Kier alpha value is -3.43. The number of piperazine rings is 1. The molecular weight excluding hydrogens is 469 g/mol. The molecule has 2 aliphatic rings. The first-order chi connectivity index (χ1) is 17.1. The van der Waals surface area contributed by atoms with Gasteiger partial charge in [0, 0.05) is 32.7 Å². The van der Waals surface area contributed by atoms with Crippen LogP contribution in [0.5, 0.6) is 0 Å². The van der Waals surface area contributed by atoms with Crippen molar-refractivity contribution in [2.75, 3.05) is 32.8 Å². The third kappa shape index (κ3) is 4.68. The molecule has 6 nitrogen and oxygen atoms in total. The number of benzene rings is 3. The van der Waals surface area contributed by atoms with Gasteiger partial charge in [-0.15, -0.1) is 0 Å². The second-order valence-electron chi connectivity index (χ2n) is 9.58. The highest BCUT2D eigenvalue weighted by Crippen LogP contribution is 2.32. The molecule has 1 atom stereocenters. The number of halogens is 3. The number of hydrogen-bond donors (Lipinski definition) is 1. The van der Waals surface area contributed by atoms with Gasteiger partial charge in [-0.25, -0.2) is 9.69 Å². The molecule has 2 aliphatic heterocycles. The Kier molecular flexibility index (Phi) is 6.22. The Labute approximate surface area is 207 Å². The van der Waals surface area contributed by atoms with Gasteiger partial charge >= 0.3 is 12.2 Å². The van der Waals surface area contributed by atoms with Crippen molar-refractivity contribution in [1.29, 1.82) is 0 Å². The summed E-state index contributed by atoms with van der Waals surface area (Å²) in [5.41, 5.74) is -0.454. The fraction of sp³-hybridized carbons (Fsp3) is 0.333. The first-order valence-electron chi connectivity index (χ1n) is 11.9. The van der Waals surface area contributed by atoms with E-state index in [1.54, 1.807) is 13.0 Å². The first kappa shape index (κ1) is 24.3. The molecule has 2 heterocycles. The van der Waals surface area contributed by atoms with Crippen molar-refractivity contribution in [2.45, 2.75) is 25.2 Å². The summed E-state index contributed by atoms with van der Waals surface area (Å²) in [5.74, 6) is -0.297. The summed E-state index contributed by atoms with van der Waals surface area (Å²) in [5, 5.41) is 4.92. The fourth-order valence-electron chi connectivity index (χ4n) is 4.91. The van der Waals surface area contributed by atoms with Gasteiger partial charge in [0.15, 0.2) is 0 Å². The van der Waals surface area contributed by atoms with Gasteiger partial charge in [0.05, 0.1) is 12.2 Å². The van der Waals surface area contributed by atoms with Crippen molar-refractivity contribution in [3.05, 3.63) is 83.4 Å². The molecule has 0 aliphatic carbocycles. The molecule has 0 radical (unpaired) electrons. The maximum Gasteiger partial charge on any atom is 0.416 e. The van der Waals surface area contributed by atoms with E-state index in [1.807, 2.05) is 47.4 Å². The van der Waals surface area contributed by atoms with Crippen molar-refractivity contribution in [1.82, 2.24) is 20.0 Å². The van der Waals surface area contributed by atoms with Crippen LogP contribution in [-0.2, 0) is 23.1 Å². The summed E-state index contributed by atoms with van der Waals surface area (Å²) in [6, 6.07) is 18.6. The number of fused-ring (bicyclic) bond motifs is 1. The lowest BCUT2D eigenvalue weighted by molar-refractivity contribution is -0.137. The van der Waals surface area contributed by atoms with E-state index < -0.39 is 23.3 Å². The molecule has 0 bridgehead atoms. The van der Waals surface area contributed by atoms with Gasteiger partial charge in [-0.3, -0.25) is 14.6 Å². The van der Waals surface area contributed by atoms with Crippen molar-refractivity contribution in [2.24, 2.45) is 0 Å². The summed E-state index contributed by atoms with van der Waals surface area (Å²) in [6.07, 6.45) is -4.36. The topological polar surface area (TPSA) is 55.9 Å². The van der Waals surface area contributed by atoms with Gasteiger partial charge in [0.2, 0.25) is 0 Å². The molecule has 188 valence electrons. The molecule has 0 aromatic heterocycles. The second-order valence-corrected chi connectivity index (χ2v) is 9.58. The van der Waals surface area contributed by atoms with E-state index >= 15 is 0 Å². The molecular formula is C27H27F3N4O2. The van der Waals surface area contributed by atoms with Crippen LogP contribution in [0, 0.1) is 0 Å². The molecule has 9 heteroatoms. The minimum Gasteiger partial charge on any atom is -0.319 e. The summed E-state index contributed by atoms with van der Waals surface area (Å²) in [4.78, 5) is 31.5. The number of imide groups is 1. The number of nitrogens with zero attached hydrogens (tertiary/aromatic N) is 3. The number of rotatable bonds is 5. The van der Waals surface area contributed by atoms with E-state index in [2.05, 4.69) is 10.2 Å². The molecule has 0 unspecified atom stereocenters. The monoisotopic (exact) mass is 496 g/mol. The smallest absolute Gasteiger partial charge is 0.319 e. The van der Waals surface area contributed by atoms with Crippen molar-refractivity contribution in [3.8, 4) is 0 Å².